The van der Waals surface area contributed by atoms with Gasteiger partial charge >= 0.3 is 17.9 Å². The number of rotatable bonds is 43. The molecular weight excluding hydrogens is 1120 g/mol. The fourth-order valence-corrected chi connectivity index (χ4v) is 9.99. The van der Waals surface area contributed by atoms with Crippen molar-refractivity contribution in [2.75, 3.05) is 43.7 Å². The second-order valence-corrected chi connectivity index (χ2v) is 23.7. The number of likely N-dealkylation sites (tertiary alicyclic amines) is 1. The fourth-order valence-electron chi connectivity index (χ4n) is 9.03. The Hall–Kier alpha value is -5.78. The zero-order chi connectivity index (χ0) is 62.9. The molecule has 17 N–H and O–H groups in total. The summed E-state index contributed by atoms with van der Waals surface area (Å²) in [7, 11) is 0. The molecule has 0 aromatic carbocycles. The maximum absolute atomic E-state index is 14.4. The summed E-state index contributed by atoms with van der Waals surface area (Å²) in [5, 5.41) is 49.7. The average Bonchev–Trinajstić information content (AvgIpc) is 4.05. The Morgan fingerprint density at radius 1 is 0.530 bits per heavy atom. The van der Waals surface area contributed by atoms with Crippen molar-refractivity contribution in [2.45, 2.75) is 205 Å². The van der Waals surface area contributed by atoms with E-state index in [4.69, 9.17) is 17.2 Å². The van der Waals surface area contributed by atoms with Crippen LogP contribution in [0.2, 0.25) is 0 Å². The van der Waals surface area contributed by atoms with Gasteiger partial charge < -0.3 is 80.0 Å². The molecule has 0 saturated carbocycles. The number of thioether (sulfide) groups is 2. The van der Waals surface area contributed by atoms with Crippen LogP contribution in [0.1, 0.15) is 144 Å². The van der Waals surface area contributed by atoms with E-state index >= 15 is 0 Å². The fraction of sp³-hybridized carbons (Fsp3) is 0.778. The zero-order valence-electron chi connectivity index (χ0n) is 49.6. The lowest BCUT2D eigenvalue weighted by Crippen LogP contribution is -2.62. The smallest absolute Gasteiger partial charge is 0.326 e. The van der Waals surface area contributed by atoms with Crippen molar-refractivity contribution in [2.24, 2.45) is 35.0 Å². The van der Waals surface area contributed by atoms with Gasteiger partial charge in [0.1, 0.15) is 54.4 Å². The first-order valence-electron chi connectivity index (χ1n) is 28.7. The Balaban J connectivity index is 3.53. The highest BCUT2D eigenvalue weighted by atomic mass is 32.2. The first-order valence-corrected chi connectivity index (χ1v) is 31.5. The van der Waals surface area contributed by atoms with Crippen molar-refractivity contribution in [3.05, 3.63) is 0 Å². The molecule has 0 aromatic rings. The predicted molar refractivity (Wildman–Crippen MR) is 315 cm³/mol. The van der Waals surface area contributed by atoms with E-state index in [9.17, 15) is 72.9 Å². The Morgan fingerprint density at radius 2 is 0.940 bits per heavy atom. The molecule has 9 amide bonds. The molecule has 29 heteroatoms. The number of nitrogens with zero attached hydrogens (tertiary/aromatic N) is 1. The van der Waals surface area contributed by atoms with E-state index in [1.807, 2.05) is 6.26 Å². The maximum atomic E-state index is 14.4. The Bertz CT molecular complexity index is 2140. The van der Waals surface area contributed by atoms with Crippen LogP contribution in [0.25, 0.3) is 0 Å². The van der Waals surface area contributed by atoms with Crippen molar-refractivity contribution in [3.63, 3.8) is 0 Å². The number of unbranched alkanes of at least 4 members (excludes halogenated alkanes) is 2. The van der Waals surface area contributed by atoms with Crippen LogP contribution in [0.15, 0.2) is 0 Å². The summed E-state index contributed by atoms with van der Waals surface area (Å²) in [5.74, 6) is -11.5. The van der Waals surface area contributed by atoms with Crippen LogP contribution >= 0.6 is 23.5 Å². The number of aliphatic carboxylic acids is 3. The van der Waals surface area contributed by atoms with Gasteiger partial charge in [0.05, 0.1) is 6.04 Å². The van der Waals surface area contributed by atoms with Crippen molar-refractivity contribution in [3.8, 4) is 0 Å². The molecule has 0 aliphatic carbocycles. The molecule has 474 valence electrons. The Morgan fingerprint density at radius 3 is 1.37 bits per heavy atom. The maximum Gasteiger partial charge on any atom is 0.326 e. The van der Waals surface area contributed by atoms with E-state index < -0.39 is 163 Å². The molecule has 11 atom stereocenters. The summed E-state index contributed by atoms with van der Waals surface area (Å²) in [5.41, 5.74) is 17.7. The van der Waals surface area contributed by atoms with E-state index in [0.717, 1.165) is 0 Å². The highest BCUT2D eigenvalue weighted by Crippen LogP contribution is 2.21. The van der Waals surface area contributed by atoms with E-state index in [0.29, 0.717) is 63.8 Å². The van der Waals surface area contributed by atoms with Gasteiger partial charge in [-0.1, -0.05) is 48.0 Å². The van der Waals surface area contributed by atoms with E-state index in [2.05, 4.69) is 42.5 Å². The topological polar surface area (TPSA) is 443 Å². The molecule has 0 unspecified atom stereocenters. The van der Waals surface area contributed by atoms with Gasteiger partial charge in [-0.2, -0.15) is 23.5 Å². The van der Waals surface area contributed by atoms with Crippen LogP contribution in [-0.4, -0.2) is 195 Å². The third-order valence-corrected chi connectivity index (χ3v) is 15.4. The molecule has 0 bridgehead atoms. The van der Waals surface area contributed by atoms with Crippen LogP contribution in [-0.2, 0) is 57.5 Å². The summed E-state index contributed by atoms with van der Waals surface area (Å²) in [4.78, 5) is 163. The Labute approximate surface area is 496 Å². The lowest BCUT2D eigenvalue weighted by atomic mass is 9.95. The van der Waals surface area contributed by atoms with Gasteiger partial charge in [0.2, 0.25) is 53.2 Å². The minimum atomic E-state index is -1.61. The van der Waals surface area contributed by atoms with Gasteiger partial charge in [0.15, 0.2) is 0 Å². The standard InChI is InChI=1S/C54H96N12O15S2/c1-9-32(6)44(65-51(77)43(31(4)5)64-49(75)35(16-11-13-25-56)61-50(76)40-17-14-26-66(40)53(79)33(57)22-27-82-7)52(78)62-37(19-21-42(69)70)46(72)58-34(15-10-12-24-55)45(71)60-38(23-28-83-8)48(74)59-36(18-20-41(67)68)47(73)63-39(54(80)81)29-30(2)3/h30-40,43-44H,9-29,55-57H2,1-8H3,(H,58,72)(H,59,74)(H,60,71)(H,61,76)(H,62,78)(H,63,73)(H,64,75)(H,65,77)(H,67,68)(H,69,70)(H,80,81)/t32-,33-,34-,35-,36-,37-,38-,39-,40-,43-,44-/m0/s1. The van der Waals surface area contributed by atoms with Crippen LogP contribution in [0.3, 0.4) is 0 Å². The largest absolute Gasteiger partial charge is 0.481 e. The van der Waals surface area contributed by atoms with Gasteiger partial charge in [-0.05, 0) is 138 Å². The van der Waals surface area contributed by atoms with Crippen molar-refractivity contribution in [1.82, 2.24) is 47.4 Å². The molecule has 1 heterocycles. The second kappa shape index (κ2) is 40.5. The first-order chi connectivity index (χ1) is 39.2. The van der Waals surface area contributed by atoms with Gasteiger partial charge in [0.25, 0.3) is 0 Å². The molecule has 1 fully saturated rings. The van der Waals surface area contributed by atoms with Crippen molar-refractivity contribution in [1.29, 1.82) is 0 Å². The normalized spacial score (nSPS) is 16.8. The number of nitrogens with two attached hydrogens (primary N) is 3. The van der Waals surface area contributed by atoms with E-state index in [1.165, 1.54) is 28.4 Å². The molecule has 1 aliphatic heterocycles. The summed E-state index contributed by atoms with van der Waals surface area (Å²) in [6.07, 6.45) is 4.82. The third-order valence-electron chi connectivity index (χ3n) is 14.1. The summed E-state index contributed by atoms with van der Waals surface area (Å²) >= 11 is 2.85. The summed E-state index contributed by atoms with van der Waals surface area (Å²) in [6, 6.07) is -12.8. The quantitative estimate of drug-likeness (QED) is 0.0343. The SMILES string of the molecule is CC[C@H](C)[C@H](NC(=O)[C@@H](NC(=O)[C@H](CCCCN)NC(=O)[C@@H]1CCCN1C(=O)[C@@H](N)CCSC)C(C)C)C(=O)N[C@@H](CCC(=O)O)C(=O)N[C@@H](CCCCN)C(=O)N[C@@H](CCSC)C(=O)N[C@@H](CCC(=O)O)C(=O)N[C@@H](CC(C)C)C(=O)O. The van der Waals surface area contributed by atoms with Gasteiger partial charge in [-0.3, -0.25) is 52.7 Å². The number of amides is 9. The lowest BCUT2D eigenvalue weighted by Gasteiger charge is -2.31. The molecule has 0 aromatic heterocycles. The number of hydrogen-bond donors (Lipinski definition) is 14. The molecule has 1 aliphatic rings. The molecule has 1 saturated heterocycles. The minimum Gasteiger partial charge on any atom is -0.481 e. The van der Waals surface area contributed by atoms with Crippen LogP contribution < -0.4 is 59.7 Å². The summed E-state index contributed by atoms with van der Waals surface area (Å²) in [6.45, 7) is 11.0. The number of carboxylic acids is 3. The highest BCUT2D eigenvalue weighted by Gasteiger charge is 2.40. The zero-order valence-corrected chi connectivity index (χ0v) is 51.2. The molecule has 27 nitrogen and oxygen atoms in total. The predicted octanol–water partition coefficient (Wildman–Crippen LogP) is -0.490. The van der Waals surface area contributed by atoms with Crippen LogP contribution in [0.5, 0.6) is 0 Å². The van der Waals surface area contributed by atoms with Crippen LogP contribution in [0.4, 0.5) is 0 Å². The molecule has 1 rings (SSSR count). The van der Waals surface area contributed by atoms with Gasteiger partial charge in [-0.25, -0.2) is 4.79 Å². The lowest BCUT2D eigenvalue weighted by molar-refractivity contribution is -0.143. The first kappa shape index (κ1) is 75.2. The van der Waals surface area contributed by atoms with Crippen molar-refractivity contribution < 1.29 is 72.9 Å². The number of hydrogen-bond acceptors (Lipinski definition) is 17. The second-order valence-electron chi connectivity index (χ2n) is 21.7. The number of carbonyl (C=O) groups is 12. The van der Waals surface area contributed by atoms with E-state index in [1.54, 1.807) is 47.8 Å². The van der Waals surface area contributed by atoms with E-state index in [-0.39, 0.29) is 56.2 Å². The monoisotopic (exact) mass is 1220 g/mol. The average molecular weight is 1220 g/mol. The number of carbonyl (C=O) groups excluding carboxylic acids is 9. The Kier molecular flexibility index (Phi) is 36.7. The molecule has 0 spiro atoms. The molecule has 83 heavy (non-hydrogen) atoms. The van der Waals surface area contributed by atoms with Crippen molar-refractivity contribution >= 4 is 94.6 Å². The molecular formula is C54H96N12O15S2. The third kappa shape index (κ3) is 28.1. The highest BCUT2D eigenvalue weighted by molar-refractivity contribution is 7.98. The number of nitrogens with one attached hydrogen (secondary N) is 8. The minimum absolute atomic E-state index is 0.0227. The van der Waals surface area contributed by atoms with Crippen LogP contribution in [0, 0.1) is 17.8 Å². The van der Waals surface area contributed by atoms with Gasteiger partial charge in [-0.15, -0.1) is 0 Å². The summed E-state index contributed by atoms with van der Waals surface area (Å²) < 4.78 is 0. The molecule has 0 radical (unpaired) electrons. The number of carboxylic acid groups (broad SMARTS) is 3. The van der Waals surface area contributed by atoms with Gasteiger partial charge in [0, 0.05) is 19.4 Å².